The minimum absolute atomic E-state index is 0.271. The second-order valence-corrected chi connectivity index (χ2v) is 7.34. The highest BCUT2D eigenvalue weighted by Gasteiger charge is 2.37. The Kier molecular flexibility index (Phi) is 4.47. The van der Waals surface area contributed by atoms with Crippen molar-refractivity contribution in [3.05, 3.63) is 57.4 Å². The van der Waals surface area contributed by atoms with Gasteiger partial charge >= 0.3 is 5.69 Å². The molecule has 1 aliphatic rings. The third-order valence-corrected chi connectivity index (χ3v) is 5.98. The summed E-state index contributed by atoms with van der Waals surface area (Å²) < 4.78 is 2.66. The van der Waals surface area contributed by atoms with E-state index >= 15 is 0 Å². The van der Waals surface area contributed by atoms with Gasteiger partial charge in [0, 0.05) is 19.5 Å². The second-order valence-electron chi connectivity index (χ2n) is 6.52. The Bertz CT molecular complexity index is 1270. The first kappa shape index (κ1) is 18.3. The Morgan fingerprint density at radius 3 is 2.71 bits per heavy atom. The van der Waals surface area contributed by atoms with E-state index in [1.807, 2.05) is 41.1 Å². The van der Waals surface area contributed by atoms with Crippen molar-refractivity contribution < 1.29 is 0 Å². The van der Waals surface area contributed by atoms with Gasteiger partial charge in [0.25, 0.3) is 5.56 Å². The van der Waals surface area contributed by atoms with E-state index in [2.05, 4.69) is 32.8 Å². The summed E-state index contributed by atoms with van der Waals surface area (Å²) in [5, 5.41) is 0.589. The first-order chi connectivity index (χ1) is 13.5. The van der Waals surface area contributed by atoms with Crippen LogP contribution in [0, 0.1) is 11.8 Å². The van der Waals surface area contributed by atoms with Crippen LogP contribution in [0.15, 0.2) is 46.1 Å². The zero-order valence-electron chi connectivity index (χ0n) is 15.7. The molecule has 0 saturated carbocycles. The Labute approximate surface area is 170 Å². The van der Waals surface area contributed by atoms with Gasteiger partial charge in [0.05, 0.1) is 23.9 Å². The lowest BCUT2D eigenvalue weighted by molar-refractivity contribution is 0.736. The standard InChI is InChI=1S/C20H18BrN5O2/c1-4-5-10-25-16-17(23(2)19(25)21)24(3)20(28)26(18(16)27)14-11-13-8-6-7-9-15(13)22-12-14/h6-9,11-12,19H,10H2,1-3H3. The van der Waals surface area contributed by atoms with Gasteiger partial charge in [-0.25, -0.2) is 9.36 Å². The van der Waals surface area contributed by atoms with Crippen LogP contribution in [-0.4, -0.2) is 32.8 Å². The van der Waals surface area contributed by atoms with E-state index in [4.69, 9.17) is 0 Å². The highest BCUT2D eigenvalue weighted by Crippen LogP contribution is 2.36. The molecule has 0 saturated heterocycles. The number of halogens is 1. The molecule has 0 spiro atoms. The first-order valence-electron chi connectivity index (χ1n) is 8.70. The molecule has 142 valence electrons. The zero-order valence-corrected chi connectivity index (χ0v) is 17.3. The number of pyridine rings is 1. The molecule has 0 radical (unpaired) electrons. The predicted molar refractivity (Wildman–Crippen MR) is 114 cm³/mol. The van der Waals surface area contributed by atoms with E-state index in [9.17, 15) is 9.59 Å². The van der Waals surface area contributed by atoms with Crippen molar-refractivity contribution in [1.29, 1.82) is 0 Å². The van der Waals surface area contributed by atoms with Crippen LogP contribution in [0.1, 0.15) is 6.92 Å². The van der Waals surface area contributed by atoms with Gasteiger partial charge < -0.3 is 9.80 Å². The molecule has 1 aliphatic heterocycles. The molecule has 0 aliphatic carbocycles. The number of hydrogen-bond acceptors (Lipinski definition) is 5. The maximum absolute atomic E-state index is 13.4. The van der Waals surface area contributed by atoms with Crippen LogP contribution in [0.3, 0.4) is 0 Å². The van der Waals surface area contributed by atoms with Crippen LogP contribution in [0.25, 0.3) is 16.6 Å². The van der Waals surface area contributed by atoms with E-state index in [0.29, 0.717) is 23.7 Å². The topological polar surface area (TPSA) is 63.4 Å². The van der Waals surface area contributed by atoms with Crippen molar-refractivity contribution in [1.82, 2.24) is 14.1 Å². The fourth-order valence-corrected chi connectivity index (χ4v) is 4.03. The van der Waals surface area contributed by atoms with Crippen molar-refractivity contribution in [3.8, 4) is 17.5 Å². The van der Waals surface area contributed by atoms with Gasteiger partial charge in [0.15, 0.2) is 5.08 Å². The fourth-order valence-electron chi connectivity index (χ4n) is 3.49. The number of hydrogen-bond donors (Lipinski definition) is 0. The molecule has 2 aromatic heterocycles. The van der Waals surface area contributed by atoms with Crippen molar-refractivity contribution >= 4 is 38.3 Å². The Hall–Kier alpha value is -3.05. The summed E-state index contributed by atoms with van der Waals surface area (Å²) >= 11 is 3.60. The van der Waals surface area contributed by atoms with Gasteiger partial charge in [-0.15, -0.1) is 5.92 Å². The second kappa shape index (κ2) is 6.84. The van der Waals surface area contributed by atoms with Gasteiger partial charge in [-0.1, -0.05) is 24.1 Å². The summed E-state index contributed by atoms with van der Waals surface area (Å²) in [4.78, 5) is 34.6. The number of fused-ring (bicyclic) bond motifs is 2. The highest BCUT2D eigenvalue weighted by atomic mass is 79.9. The average molecular weight is 440 g/mol. The maximum Gasteiger partial charge on any atom is 0.337 e. The molecule has 4 rings (SSSR count). The van der Waals surface area contributed by atoms with Crippen molar-refractivity contribution in [2.24, 2.45) is 7.05 Å². The van der Waals surface area contributed by atoms with Crippen LogP contribution >= 0.6 is 15.9 Å². The molecule has 0 N–H and O–H groups in total. The normalized spacial score (nSPS) is 15.5. The third-order valence-electron chi connectivity index (χ3n) is 4.87. The number of aromatic nitrogens is 3. The number of alkyl halides is 1. The summed E-state index contributed by atoms with van der Waals surface area (Å²) in [6, 6.07) is 9.39. The van der Waals surface area contributed by atoms with Crippen LogP contribution < -0.4 is 21.0 Å². The van der Waals surface area contributed by atoms with Crippen molar-refractivity contribution in [3.63, 3.8) is 0 Å². The van der Waals surface area contributed by atoms with Crippen molar-refractivity contribution in [2.75, 3.05) is 23.4 Å². The Morgan fingerprint density at radius 2 is 1.96 bits per heavy atom. The number of nitrogens with zero attached hydrogens (tertiary/aromatic N) is 5. The van der Waals surface area contributed by atoms with Gasteiger partial charge in [-0.3, -0.25) is 14.3 Å². The van der Waals surface area contributed by atoms with E-state index in [0.717, 1.165) is 10.9 Å². The fraction of sp³-hybridized carbons (Fsp3) is 0.250. The molecule has 0 bridgehead atoms. The molecule has 1 unspecified atom stereocenters. The van der Waals surface area contributed by atoms with Gasteiger partial charge in [-0.05, 0) is 35.0 Å². The SMILES string of the molecule is CC#CCN1c2c(n(C)c(=O)n(-c3cnc4ccccc4c3)c2=O)N(C)C1Br. The Morgan fingerprint density at radius 1 is 1.21 bits per heavy atom. The monoisotopic (exact) mass is 439 g/mol. The molecule has 0 amide bonds. The maximum atomic E-state index is 13.4. The molecular formula is C20H18BrN5O2. The summed E-state index contributed by atoms with van der Waals surface area (Å²) in [5.41, 5.74) is 0.867. The number of para-hydroxylation sites is 1. The van der Waals surface area contributed by atoms with E-state index in [-0.39, 0.29) is 10.6 Å². The largest absolute Gasteiger partial charge is 0.337 e. The quantitative estimate of drug-likeness (QED) is 0.347. The minimum Gasteiger partial charge on any atom is -0.329 e. The summed E-state index contributed by atoms with van der Waals surface area (Å²) in [6.45, 7) is 2.12. The third kappa shape index (κ3) is 2.62. The first-order valence-corrected chi connectivity index (χ1v) is 9.61. The molecule has 0 fully saturated rings. The van der Waals surface area contributed by atoms with Crippen LogP contribution in [0.4, 0.5) is 11.5 Å². The van der Waals surface area contributed by atoms with Gasteiger partial charge in [0.2, 0.25) is 0 Å². The molecule has 3 aromatic rings. The van der Waals surface area contributed by atoms with Crippen LogP contribution in [0.2, 0.25) is 0 Å². The highest BCUT2D eigenvalue weighted by molar-refractivity contribution is 9.09. The summed E-state index contributed by atoms with van der Waals surface area (Å²) in [5.74, 6) is 6.41. The lowest BCUT2D eigenvalue weighted by atomic mass is 10.2. The average Bonchev–Trinajstić information content (AvgIpc) is 2.95. The van der Waals surface area contributed by atoms with E-state index in [1.165, 1.54) is 9.13 Å². The smallest absolute Gasteiger partial charge is 0.329 e. The molecule has 8 heteroatoms. The van der Waals surface area contributed by atoms with Crippen LogP contribution in [-0.2, 0) is 7.05 Å². The molecule has 7 nitrogen and oxygen atoms in total. The Balaban J connectivity index is 2.01. The van der Waals surface area contributed by atoms with E-state index in [1.54, 1.807) is 26.2 Å². The lowest BCUT2D eigenvalue weighted by Crippen LogP contribution is -2.40. The predicted octanol–water partition coefficient (Wildman–Crippen LogP) is 2.04. The lowest BCUT2D eigenvalue weighted by Gasteiger charge is -2.23. The molecule has 3 heterocycles. The van der Waals surface area contributed by atoms with Crippen LogP contribution in [0.5, 0.6) is 0 Å². The summed E-state index contributed by atoms with van der Waals surface area (Å²) in [7, 11) is 3.50. The van der Waals surface area contributed by atoms with Gasteiger partial charge in [-0.2, -0.15) is 0 Å². The summed E-state index contributed by atoms with van der Waals surface area (Å²) in [6.07, 6.45) is 1.55. The minimum atomic E-state index is -0.421. The van der Waals surface area contributed by atoms with Crippen molar-refractivity contribution in [2.45, 2.75) is 12.0 Å². The zero-order chi connectivity index (χ0) is 20.0. The van der Waals surface area contributed by atoms with E-state index < -0.39 is 5.69 Å². The van der Waals surface area contributed by atoms with Gasteiger partial charge in [0.1, 0.15) is 11.5 Å². The number of benzene rings is 1. The number of anilines is 2. The molecule has 1 aromatic carbocycles. The molecular weight excluding hydrogens is 422 g/mol. The molecule has 1 atom stereocenters. The molecule has 28 heavy (non-hydrogen) atoms. The number of rotatable bonds is 2.